The first-order chi connectivity index (χ1) is 8.47. The van der Waals surface area contributed by atoms with Crippen LogP contribution in [0.5, 0.6) is 0 Å². The van der Waals surface area contributed by atoms with E-state index in [4.69, 9.17) is 18.0 Å². The fourth-order valence-corrected chi connectivity index (χ4v) is 3.46. The third kappa shape index (κ3) is 2.26. The van der Waals surface area contributed by atoms with Crippen LogP contribution in [-0.4, -0.2) is 40.1 Å². The van der Waals surface area contributed by atoms with Gasteiger partial charge in [0.15, 0.2) is 0 Å². The number of carbonyl (C=O) groups excluding carboxylic acids is 1. The Morgan fingerprint density at radius 3 is 2.56 bits per heavy atom. The molecule has 2 aliphatic rings. The fourth-order valence-electron chi connectivity index (χ4n) is 3.16. The first-order valence-electron chi connectivity index (χ1n) is 6.75. The standard InChI is InChI=1S/C13H22N2O2S/c1-9-8-15(7-4-10(9)16)12(17)13(11(14)18)5-2-3-6-13/h9-10,16H,2-8H2,1H3,(H2,14,18). The highest BCUT2D eigenvalue weighted by molar-refractivity contribution is 7.80. The van der Waals surface area contributed by atoms with Crippen LogP contribution in [0.1, 0.15) is 39.0 Å². The summed E-state index contributed by atoms with van der Waals surface area (Å²) >= 11 is 5.15. The Labute approximate surface area is 114 Å². The van der Waals surface area contributed by atoms with Crippen LogP contribution in [-0.2, 0) is 4.79 Å². The molecule has 1 aliphatic carbocycles. The summed E-state index contributed by atoms with van der Waals surface area (Å²) in [7, 11) is 0. The smallest absolute Gasteiger partial charge is 0.235 e. The van der Waals surface area contributed by atoms with Gasteiger partial charge in [0.2, 0.25) is 5.91 Å². The monoisotopic (exact) mass is 270 g/mol. The molecule has 1 heterocycles. The topological polar surface area (TPSA) is 66.6 Å². The van der Waals surface area contributed by atoms with Crippen LogP contribution in [0, 0.1) is 11.3 Å². The van der Waals surface area contributed by atoms with E-state index < -0.39 is 5.41 Å². The lowest BCUT2D eigenvalue weighted by Gasteiger charge is -2.39. The van der Waals surface area contributed by atoms with Gasteiger partial charge in [-0.3, -0.25) is 4.79 Å². The van der Waals surface area contributed by atoms with Crippen molar-refractivity contribution in [1.29, 1.82) is 0 Å². The van der Waals surface area contributed by atoms with Crippen molar-refractivity contribution in [3.8, 4) is 0 Å². The van der Waals surface area contributed by atoms with Crippen molar-refractivity contribution < 1.29 is 9.90 Å². The molecule has 5 heteroatoms. The van der Waals surface area contributed by atoms with E-state index in [0.29, 0.717) is 24.5 Å². The first kappa shape index (κ1) is 13.7. The molecule has 1 amide bonds. The molecule has 3 N–H and O–H groups in total. The van der Waals surface area contributed by atoms with Crippen LogP contribution in [0.15, 0.2) is 0 Å². The number of nitrogens with two attached hydrogens (primary N) is 1. The van der Waals surface area contributed by atoms with Gasteiger partial charge in [0.25, 0.3) is 0 Å². The highest BCUT2D eigenvalue weighted by Crippen LogP contribution is 2.40. The number of nitrogens with zero attached hydrogens (tertiary/aromatic N) is 1. The Hall–Kier alpha value is -0.680. The lowest BCUT2D eigenvalue weighted by atomic mass is 9.83. The summed E-state index contributed by atoms with van der Waals surface area (Å²) in [4.78, 5) is 14.9. The summed E-state index contributed by atoms with van der Waals surface area (Å²) in [5, 5.41) is 9.73. The van der Waals surface area contributed by atoms with Gasteiger partial charge in [0.1, 0.15) is 0 Å². The largest absolute Gasteiger partial charge is 0.393 e. The minimum Gasteiger partial charge on any atom is -0.393 e. The van der Waals surface area contributed by atoms with Crippen molar-refractivity contribution in [1.82, 2.24) is 4.90 Å². The number of hydrogen-bond donors (Lipinski definition) is 2. The van der Waals surface area contributed by atoms with Gasteiger partial charge in [-0.2, -0.15) is 0 Å². The zero-order valence-electron chi connectivity index (χ0n) is 10.9. The molecule has 102 valence electrons. The molecule has 2 fully saturated rings. The van der Waals surface area contributed by atoms with Crippen LogP contribution in [0.4, 0.5) is 0 Å². The van der Waals surface area contributed by atoms with E-state index in [2.05, 4.69) is 0 Å². The Balaban J connectivity index is 2.12. The van der Waals surface area contributed by atoms with Gasteiger partial charge in [-0.05, 0) is 25.2 Å². The molecule has 1 aliphatic heterocycles. The Bertz CT molecular complexity index is 353. The van der Waals surface area contributed by atoms with Crippen molar-refractivity contribution >= 4 is 23.1 Å². The lowest BCUT2D eigenvalue weighted by Crippen LogP contribution is -2.53. The van der Waals surface area contributed by atoms with Crippen molar-refractivity contribution in [3.05, 3.63) is 0 Å². The summed E-state index contributed by atoms with van der Waals surface area (Å²) in [6.07, 6.45) is 3.98. The maximum absolute atomic E-state index is 12.7. The number of carbonyl (C=O) groups is 1. The Kier molecular flexibility index (Phi) is 3.92. The van der Waals surface area contributed by atoms with Gasteiger partial charge in [-0.1, -0.05) is 32.0 Å². The highest BCUT2D eigenvalue weighted by atomic mass is 32.1. The predicted octanol–water partition coefficient (Wildman–Crippen LogP) is 1.06. The molecule has 2 atom stereocenters. The van der Waals surface area contributed by atoms with Gasteiger partial charge in [-0.15, -0.1) is 0 Å². The van der Waals surface area contributed by atoms with Gasteiger partial charge in [0, 0.05) is 13.1 Å². The minimum atomic E-state index is -0.600. The lowest BCUT2D eigenvalue weighted by molar-refractivity contribution is -0.141. The third-order valence-electron chi connectivity index (χ3n) is 4.49. The van der Waals surface area contributed by atoms with Gasteiger partial charge >= 0.3 is 0 Å². The quantitative estimate of drug-likeness (QED) is 0.736. The highest BCUT2D eigenvalue weighted by Gasteiger charge is 2.47. The number of amides is 1. The van der Waals surface area contributed by atoms with E-state index in [-0.39, 0.29) is 17.9 Å². The van der Waals surface area contributed by atoms with Crippen LogP contribution >= 0.6 is 12.2 Å². The molecular weight excluding hydrogens is 248 g/mol. The van der Waals surface area contributed by atoms with Crippen LogP contribution < -0.4 is 5.73 Å². The molecule has 0 radical (unpaired) electrons. The molecule has 0 spiro atoms. The molecule has 0 aromatic carbocycles. The number of piperidine rings is 1. The summed E-state index contributed by atoms with van der Waals surface area (Å²) in [6.45, 7) is 3.21. The second-order valence-corrected chi connectivity index (χ2v) is 6.18. The van der Waals surface area contributed by atoms with Gasteiger partial charge in [-0.25, -0.2) is 0 Å². The molecule has 1 saturated carbocycles. The molecule has 1 saturated heterocycles. The summed E-state index contributed by atoms with van der Waals surface area (Å²) in [5.74, 6) is 0.221. The van der Waals surface area contributed by atoms with Gasteiger partial charge < -0.3 is 15.7 Å². The van der Waals surface area contributed by atoms with E-state index in [1.807, 2.05) is 11.8 Å². The average molecular weight is 270 g/mol. The second kappa shape index (κ2) is 5.13. The number of aliphatic hydroxyl groups is 1. The zero-order chi connectivity index (χ0) is 13.3. The maximum Gasteiger partial charge on any atom is 0.235 e. The number of thiocarbonyl (C=S) groups is 1. The summed E-state index contributed by atoms with van der Waals surface area (Å²) < 4.78 is 0. The summed E-state index contributed by atoms with van der Waals surface area (Å²) in [6, 6.07) is 0. The van der Waals surface area contributed by atoms with Crippen LogP contribution in [0.3, 0.4) is 0 Å². The third-order valence-corrected chi connectivity index (χ3v) is 4.88. The SMILES string of the molecule is CC1CN(C(=O)C2(C(N)=S)CCCC2)CCC1O. The Morgan fingerprint density at radius 2 is 2.06 bits per heavy atom. The summed E-state index contributed by atoms with van der Waals surface area (Å²) in [5.41, 5.74) is 5.24. The molecule has 0 aromatic heterocycles. The van der Waals surface area contributed by atoms with Gasteiger partial charge in [0.05, 0.1) is 16.5 Å². The number of likely N-dealkylation sites (tertiary alicyclic amines) is 1. The number of aliphatic hydroxyl groups excluding tert-OH is 1. The Morgan fingerprint density at radius 1 is 1.44 bits per heavy atom. The molecule has 2 unspecified atom stereocenters. The molecule has 18 heavy (non-hydrogen) atoms. The maximum atomic E-state index is 12.7. The van der Waals surface area contributed by atoms with E-state index in [1.54, 1.807) is 0 Å². The number of rotatable bonds is 2. The molecular formula is C13H22N2O2S. The first-order valence-corrected chi connectivity index (χ1v) is 7.15. The average Bonchev–Trinajstić information content (AvgIpc) is 2.82. The van der Waals surface area contributed by atoms with Crippen molar-refractivity contribution in [2.75, 3.05) is 13.1 Å². The van der Waals surface area contributed by atoms with E-state index in [0.717, 1.165) is 25.7 Å². The molecule has 2 rings (SSSR count). The normalized spacial score (nSPS) is 31.3. The van der Waals surface area contributed by atoms with Crippen molar-refractivity contribution in [3.63, 3.8) is 0 Å². The van der Waals surface area contributed by atoms with E-state index in [1.165, 1.54) is 0 Å². The van der Waals surface area contributed by atoms with Crippen LogP contribution in [0.25, 0.3) is 0 Å². The number of hydrogen-bond acceptors (Lipinski definition) is 3. The van der Waals surface area contributed by atoms with E-state index >= 15 is 0 Å². The minimum absolute atomic E-state index is 0.0891. The van der Waals surface area contributed by atoms with Crippen molar-refractivity contribution in [2.45, 2.75) is 45.1 Å². The molecule has 4 nitrogen and oxygen atoms in total. The van der Waals surface area contributed by atoms with Crippen molar-refractivity contribution in [2.24, 2.45) is 17.1 Å². The zero-order valence-corrected chi connectivity index (χ0v) is 11.7. The van der Waals surface area contributed by atoms with E-state index in [9.17, 15) is 9.90 Å². The fraction of sp³-hybridized carbons (Fsp3) is 0.846. The molecule has 0 bridgehead atoms. The second-order valence-electron chi connectivity index (χ2n) is 5.74. The molecule has 0 aromatic rings. The predicted molar refractivity (Wildman–Crippen MR) is 74.1 cm³/mol. The van der Waals surface area contributed by atoms with Crippen LogP contribution in [0.2, 0.25) is 0 Å².